The van der Waals surface area contributed by atoms with Crippen LogP contribution < -0.4 is 5.32 Å². The fourth-order valence-corrected chi connectivity index (χ4v) is 2.26. The smallest absolute Gasteiger partial charge is 0.251 e. The van der Waals surface area contributed by atoms with Gasteiger partial charge in [0.1, 0.15) is 0 Å². The zero-order chi connectivity index (χ0) is 14.5. The number of halogens is 1. The Morgan fingerprint density at radius 2 is 2.16 bits per heavy atom. The predicted octanol–water partition coefficient (Wildman–Crippen LogP) is 2.27. The molecule has 4 nitrogen and oxygen atoms in total. The Morgan fingerprint density at radius 3 is 2.74 bits per heavy atom. The van der Waals surface area contributed by atoms with Gasteiger partial charge in [-0.1, -0.05) is 15.9 Å². The third kappa shape index (κ3) is 5.72. The molecular weight excluding hydrogens is 310 g/mol. The predicted molar refractivity (Wildman–Crippen MR) is 78.3 cm³/mol. The molecule has 0 saturated heterocycles. The van der Waals surface area contributed by atoms with Crippen LogP contribution in [0.4, 0.5) is 0 Å². The Hall–Kier alpha value is -0.910. The van der Waals surface area contributed by atoms with Crippen molar-refractivity contribution >= 4 is 21.8 Å². The number of aryl methyl sites for hydroxylation is 1. The molecule has 0 aliphatic heterocycles. The van der Waals surface area contributed by atoms with Crippen molar-refractivity contribution in [2.24, 2.45) is 0 Å². The van der Waals surface area contributed by atoms with Crippen LogP contribution in [0.15, 0.2) is 22.7 Å². The van der Waals surface area contributed by atoms with Crippen LogP contribution in [0.5, 0.6) is 0 Å². The van der Waals surface area contributed by atoms with E-state index in [-0.39, 0.29) is 12.5 Å². The van der Waals surface area contributed by atoms with Crippen molar-refractivity contribution in [1.82, 2.24) is 5.32 Å². The Labute approximate surface area is 122 Å². The Balaban J connectivity index is 2.60. The number of carbonyl (C=O) groups excluding carboxylic acids is 1. The number of methoxy groups -OCH3 is 1. The molecule has 0 radical (unpaired) electrons. The average Bonchev–Trinajstić information content (AvgIpc) is 2.32. The highest BCUT2D eigenvalue weighted by Gasteiger charge is 2.21. The second-order valence-electron chi connectivity index (χ2n) is 4.94. The van der Waals surface area contributed by atoms with Crippen molar-refractivity contribution in [3.63, 3.8) is 0 Å². The average molecular weight is 330 g/mol. The highest BCUT2D eigenvalue weighted by Crippen LogP contribution is 2.15. The van der Waals surface area contributed by atoms with Gasteiger partial charge >= 0.3 is 0 Å². The first-order valence-electron chi connectivity index (χ1n) is 6.11. The van der Waals surface area contributed by atoms with Gasteiger partial charge < -0.3 is 15.2 Å². The highest BCUT2D eigenvalue weighted by atomic mass is 79.9. The largest absolute Gasteiger partial charge is 0.388 e. The normalized spacial score (nSPS) is 13.9. The van der Waals surface area contributed by atoms with Gasteiger partial charge in [0.05, 0.1) is 5.60 Å². The number of hydrogen-bond donors (Lipinski definition) is 2. The van der Waals surface area contributed by atoms with Crippen molar-refractivity contribution in [2.75, 3.05) is 20.3 Å². The second kappa shape index (κ2) is 7.03. The summed E-state index contributed by atoms with van der Waals surface area (Å²) in [5.41, 5.74) is 0.618. The van der Waals surface area contributed by atoms with E-state index in [0.29, 0.717) is 18.6 Å². The summed E-state index contributed by atoms with van der Waals surface area (Å²) < 4.78 is 5.79. The monoisotopic (exact) mass is 329 g/mol. The molecular formula is C14H20BrNO3. The zero-order valence-corrected chi connectivity index (χ0v) is 13.1. The maximum absolute atomic E-state index is 12.0. The number of hydrogen-bond acceptors (Lipinski definition) is 3. The quantitative estimate of drug-likeness (QED) is 0.841. The first kappa shape index (κ1) is 16.1. The summed E-state index contributed by atoms with van der Waals surface area (Å²) in [5.74, 6) is -0.193. The maximum atomic E-state index is 12.0. The van der Waals surface area contributed by atoms with Crippen molar-refractivity contribution in [2.45, 2.75) is 25.9 Å². The van der Waals surface area contributed by atoms with E-state index in [1.807, 2.05) is 19.1 Å². The minimum absolute atomic E-state index is 0.193. The lowest BCUT2D eigenvalue weighted by molar-refractivity contribution is 0.0243. The summed E-state index contributed by atoms with van der Waals surface area (Å²) in [5, 5.41) is 12.8. The van der Waals surface area contributed by atoms with E-state index >= 15 is 0 Å². The molecule has 2 N–H and O–H groups in total. The van der Waals surface area contributed by atoms with Gasteiger partial charge in [-0.2, -0.15) is 0 Å². The molecule has 1 aromatic rings. The lowest BCUT2D eigenvalue weighted by atomic mass is 10.0. The van der Waals surface area contributed by atoms with E-state index in [4.69, 9.17) is 4.74 Å². The first-order chi connectivity index (χ1) is 8.84. The number of ether oxygens (including phenoxy) is 1. The zero-order valence-electron chi connectivity index (χ0n) is 11.5. The molecule has 0 aromatic heterocycles. The number of amides is 1. The molecule has 0 saturated carbocycles. The molecule has 0 fully saturated rings. The van der Waals surface area contributed by atoms with E-state index in [1.165, 1.54) is 0 Å². The molecule has 1 unspecified atom stereocenters. The Kier molecular flexibility index (Phi) is 5.97. The van der Waals surface area contributed by atoms with Crippen molar-refractivity contribution in [1.29, 1.82) is 0 Å². The number of aliphatic hydroxyl groups is 1. The van der Waals surface area contributed by atoms with Gasteiger partial charge in [-0.3, -0.25) is 4.79 Å². The van der Waals surface area contributed by atoms with Crippen LogP contribution in [0, 0.1) is 6.92 Å². The summed E-state index contributed by atoms with van der Waals surface area (Å²) in [7, 11) is 1.58. The fourth-order valence-electron chi connectivity index (χ4n) is 1.65. The summed E-state index contributed by atoms with van der Waals surface area (Å²) >= 11 is 3.36. The topological polar surface area (TPSA) is 58.6 Å². The fraction of sp³-hybridized carbons (Fsp3) is 0.500. The van der Waals surface area contributed by atoms with Gasteiger partial charge in [0, 0.05) is 36.7 Å². The summed E-state index contributed by atoms with van der Waals surface area (Å²) in [6.07, 6.45) is 0.474. The maximum Gasteiger partial charge on any atom is 0.251 e. The van der Waals surface area contributed by atoms with Crippen LogP contribution in [-0.4, -0.2) is 36.9 Å². The molecule has 0 aliphatic carbocycles. The standard InChI is InChI=1S/C14H20BrNO3/c1-10-6-11(8-12(15)7-10)13(17)16-9-14(2,18)4-5-19-3/h6-8,18H,4-5,9H2,1-3H3,(H,16,17). The number of nitrogens with one attached hydrogen (secondary N) is 1. The van der Waals surface area contributed by atoms with Crippen LogP contribution in [0.3, 0.4) is 0 Å². The van der Waals surface area contributed by atoms with E-state index < -0.39 is 5.60 Å². The minimum atomic E-state index is -0.966. The van der Waals surface area contributed by atoms with Gasteiger partial charge in [0.2, 0.25) is 0 Å². The van der Waals surface area contributed by atoms with Gasteiger partial charge in [-0.15, -0.1) is 0 Å². The third-order valence-electron chi connectivity index (χ3n) is 2.78. The molecule has 1 atom stereocenters. The van der Waals surface area contributed by atoms with E-state index in [1.54, 1.807) is 20.1 Å². The summed E-state index contributed by atoms with van der Waals surface area (Å²) in [6, 6.07) is 5.50. The summed E-state index contributed by atoms with van der Waals surface area (Å²) in [6.45, 7) is 4.26. The second-order valence-corrected chi connectivity index (χ2v) is 5.86. The molecule has 5 heteroatoms. The first-order valence-corrected chi connectivity index (χ1v) is 6.90. The van der Waals surface area contributed by atoms with Crippen molar-refractivity contribution < 1.29 is 14.6 Å². The van der Waals surface area contributed by atoms with Gasteiger partial charge in [-0.05, 0) is 37.6 Å². The molecule has 106 valence electrons. The van der Waals surface area contributed by atoms with Crippen LogP contribution in [0.1, 0.15) is 29.3 Å². The molecule has 1 rings (SSSR count). The van der Waals surface area contributed by atoms with Crippen molar-refractivity contribution in [3.05, 3.63) is 33.8 Å². The summed E-state index contributed by atoms with van der Waals surface area (Å²) in [4.78, 5) is 12.0. The van der Waals surface area contributed by atoms with Gasteiger partial charge in [0.25, 0.3) is 5.91 Å². The molecule has 0 heterocycles. The Bertz CT molecular complexity index is 426. The van der Waals surface area contributed by atoms with E-state index in [0.717, 1.165) is 10.0 Å². The minimum Gasteiger partial charge on any atom is -0.388 e. The SMILES string of the molecule is COCCC(C)(O)CNC(=O)c1cc(C)cc(Br)c1. The van der Waals surface area contributed by atoms with Crippen LogP contribution in [0.25, 0.3) is 0 Å². The molecule has 1 amide bonds. The molecule has 0 spiro atoms. The Morgan fingerprint density at radius 1 is 1.47 bits per heavy atom. The lowest BCUT2D eigenvalue weighted by Gasteiger charge is -2.23. The molecule has 0 aliphatic rings. The molecule has 19 heavy (non-hydrogen) atoms. The van der Waals surface area contributed by atoms with Crippen molar-refractivity contribution in [3.8, 4) is 0 Å². The third-order valence-corrected chi connectivity index (χ3v) is 3.24. The van der Waals surface area contributed by atoms with Gasteiger partial charge in [0.15, 0.2) is 0 Å². The lowest BCUT2D eigenvalue weighted by Crippen LogP contribution is -2.41. The number of carbonyl (C=O) groups is 1. The molecule has 0 bridgehead atoms. The van der Waals surface area contributed by atoms with Gasteiger partial charge in [-0.25, -0.2) is 0 Å². The molecule has 1 aromatic carbocycles. The number of rotatable bonds is 6. The van der Waals surface area contributed by atoms with Crippen LogP contribution >= 0.6 is 15.9 Å². The van der Waals surface area contributed by atoms with E-state index in [2.05, 4.69) is 21.2 Å². The number of benzene rings is 1. The van der Waals surface area contributed by atoms with E-state index in [9.17, 15) is 9.90 Å². The highest BCUT2D eigenvalue weighted by molar-refractivity contribution is 9.10. The van der Waals surface area contributed by atoms with Crippen LogP contribution in [-0.2, 0) is 4.74 Å². The van der Waals surface area contributed by atoms with Crippen LogP contribution in [0.2, 0.25) is 0 Å².